The summed E-state index contributed by atoms with van der Waals surface area (Å²) in [6.45, 7) is 11.9. The maximum atomic E-state index is 13.7. The first-order valence-corrected chi connectivity index (χ1v) is 14.8. The SMILES string of the molecule is CC(C)N1CCc2nc(C(=O)NC3CN(C(=O)OC(C)(C)C)CCC3NC(=O)c3cc4cc(F)ccc4[nH]3)sc2C1. The van der Waals surface area contributed by atoms with Crippen molar-refractivity contribution < 1.29 is 23.5 Å². The molecule has 220 valence electrons. The summed E-state index contributed by atoms with van der Waals surface area (Å²) in [4.78, 5) is 52.2. The Balaban J connectivity index is 1.33. The van der Waals surface area contributed by atoms with Crippen molar-refractivity contribution >= 4 is 40.1 Å². The van der Waals surface area contributed by atoms with Gasteiger partial charge in [0.2, 0.25) is 0 Å². The quantitative estimate of drug-likeness (QED) is 0.416. The number of benzene rings is 1. The van der Waals surface area contributed by atoms with Crippen molar-refractivity contribution in [1.29, 1.82) is 0 Å². The Hall–Kier alpha value is -3.51. The number of ether oxygens (including phenoxy) is 1. The van der Waals surface area contributed by atoms with Crippen LogP contribution in [0.15, 0.2) is 24.3 Å². The molecule has 12 heteroatoms. The number of nitrogens with zero attached hydrogens (tertiary/aromatic N) is 3. The van der Waals surface area contributed by atoms with Gasteiger partial charge >= 0.3 is 6.09 Å². The van der Waals surface area contributed by atoms with Crippen molar-refractivity contribution in [3.63, 3.8) is 0 Å². The lowest BCUT2D eigenvalue weighted by Gasteiger charge is -2.39. The number of nitrogens with one attached hydrogen (secondary N) is 3. The second-order valence-electron chi connectivity index (χ2n) is 12.0. The van der Waals surface area contributed by atoms with Crippen molar-refractivity contribution in [2.24, 2.45) is 0 Å². The fourth-order valence-electron chi connectivity index (χ4n) is 5.22. The van der Waals surface area contributed by atoms with Gasteiger partial charge in [-0.25, -0.2) is 14.2 Å². The topological polar surface area (TPSA) is 120 Å². The molecule has 3 amide bonds. The molecule has 4 heterocycles. The van der Waals surface area contributed by atoms with E-state index in [4.69, 9.17) is 4.74 Å². The van der Waals surface area contributed by atoms with Crippen molar-refractivity contribution in [1.82, 2.24) is 30.4 Å². The van der Waals surface area contributed by atoms with Gasteiger partial charge in [-0.15, -0.1) is 11.3 Å². The molecule has 0 aliphatic carbocycles. The Morgan fingerprint density at radius 1 is 1.12 bits per heavy atom. The minimum Gasteiger partial charge on any atom is -0.444 e. The first kappa shape index (κ1) is 29.0. The normalized spacial score (nSPS) is 19.7. The van der Waals surface area contributed by atoms with Gasteiger partial charge in [0.05, 0.1) is 17.8 Å². The minimum absolute atomic E-state index is 0.162. The maximum absolute atomic E-state index is 13.7. The van der Waals surface area contributed by atoms with Gasteiger partial charge in [-0.3, -0.25) is 14.5 Å². The van der Waals surface area contributed by atoms with Crippen LogP contribution in [0.25, 0.3) is 10.9 Å². The number of carbonyl (C=O) groups is 3. The van der Waals surface area contributed by atoms with Crippen molar-refractivity contribution in [3.8, 4) is 0 Å². The maximum Gasteiger partial charge on any atom is 0.410 e. The number of piperidine rings is 1. The highest BCUT2D eigenvalue weighted by molar-refractivity contribution is 7.13. The molecule has 2 aliphatic rings. The highest BCUT2D eigenvalue weighted by Crippen LogP contribution is 2.27. The molecule has 41 heavy (non-hydrogen) atoms. The number of fused-ring (bicyclic) bond motifs is 2. The van der Waals surface area contributed by atoms with Crippen LogP contribution in [0.2, 0.25) is 0 Å². The summed E-state index contributed by atoms with van der Waals surface area (Å²) in [5, 5.41) is 7.01. The number of aromatic amines is 1. The lowest BCUT2D eigenvalue weighted by atomic mass is 9.99. The molecule has 1 aromatic carbocycles. The Bertz CT molecular complexity index is 1460. The molecule has 1 saturated heterocycles. The van der Waals surface area contributed by atoms with E-state index in [0.717, 1.165) is 30.1 Å². The monoisotopic (exact) mass is 584 g/mol. The molecule has 0 spiro atoms. The number of aromatic nitrogens is 2. The average molecular weight is 585 g/mol. The number of H-pyrrole nitrogens is 1. The first-order valence-electron chi connectivity index (χ1n) is 14.0. The zero-order chi connectivity index (χ0) is 29.5. The van der Waals surface area contributed by atoms with Crippen LogP contribution in [0.1, 0.15) is 71.9 Å². The molecule has 3 N–H and O–H groups in total. The van der Waals surface area contributed by atoms with Crippen LogP contribution in [0.3, 0.4) is 0 Å². The smallest absolute Gasteiger partial charge is 0.410 e. The summed E-state index contributed by atoms with van der Waals surface area (Å²) in [6.07, 6.45) is 0.723. The van der Waals surface area contributed by atoms with Crippen LogP contribution in [0, 0.1) is 5.82 Å². The number of likely N-dealkylation sites (tertiary alicyclic amines) is 1. The molecular formula is C29H37FN6O4S. The van der Waals surface area contributed by atoms with Crippen molar-refractivity contribution in [3.05, 3.63) is 51.4 Å². The van der Waals surface area contributed by atoms with Crippen LogP contribution in [0.4, 0.5) is 9.18 Å². The number of rotatable bonds is 5. The van der Waals surface area contributed by atoms with Gasteiger partial charge in [0.25, 0.3) is 11.8 Å². The Morgan fingerprint density at radius 2 is 1.88 bits per heavy atom. The Kier molecular flexibility index (Phi) is 8.06. The number of halogens is 1. The summed E-state index contributed by atoms with van der Waals surface area (Å²) in [5.41, 5.74) is 1.22. The van der Waals surface area contributed by atoms with E-state index < -0.39 is 23.8 Å². The highest BCUT2D eigenvalue weighted by atomic mass is 32.1. The molecule has 0 radical (unpaired) electrons. The number of amides is 3. The summed E-state index contributed by atoms with van der Waals surface area (Å²) < 4.78 is 19.2. The van der Waals surface area contributed by atoms with E-state index in [2.05, 4.69) is 39.3 Å². The molecular weight excluding hydrogens is 547 g/mol. The van der Waals surface area contributed by atoms with Crippen LogP contribution in [-0.2, 0) is 17.7 Å². The summed E-state index contributed by atoms with van der Waals surface area (Å²) in [6, 6.07) is 5.23. The third-order valence-electron chi connectivity index (χ3n) is 7.41. The predicted molar refractivity (Wildman–Crippen MR) is 155 cm³/mol. The average Bonchev–Trinajstić information content (AvgIpc) is 3.52. The standard InChI is InChI=1S/C29H37FN6O4S/c1-16(2)35-10-9-21-24(15-35)41-27(34-21)26(38)33-23-14-36(28(39)40-29(3,4)5)11-8-20(23)32-25(37)22-13-17-12-18(30)6-7-19(17)31-22/h6-7,12-13,16,20,23,31H,8-11,14-15H2,1-5H3,(H,32,37)(H,33,38). The van der Waals surface area contributed by atoms with E-state index >= 15 is 0 Å². The first-order chi connectivity index (χ1) is 19.4. The predicted octanol–water partition coefficient (Wildman–Crippen LogP) is 4.07. The van der Waals surface area contributed by atoms with Gasteiger partial charge in [-0.1, -0.05) is 0 Å². The molecule has 2 aliphatic heterocycles. The Morgan fingerprint density at radius 3 is 2.61 bits per heavy atom. The molecule has 10 nitrogen and oxygen atoms in total. The Labute approximate surface area is 242 Å². The van der Waals surface area contributed by atoms with Gasteiger partial charge in [0, 0.05) is 54.4 Å². The number of carbonyl (C=O) groups excluding carboxylic acids is 3. The van der Waals surface area contributed by atoms with E-state index in [9.17, 15) is 18.8 Å². The second-order valence-corrected chi connectivity index (χ2v) is 13.1. The van der Waals surface area contributed by atoms with Gasteiger partial charge in [0.15, 0.2) is 5.01 Å². The summed E-state index contributed by atoms with van der Waals surface area (Å²) in [7, 11) is 0. The lowest BCUT2D eigenvalue weighted by molar-refractivity contribution is 0.0161. The highest BCUT2D eigenvalue weighted by Gasteiger charge is 2.36. The molecule has 1 fully saturated rings. The minimum atomic E-state index is -0.667. The van der Waals surface area contributed by atoms with Crippen LogP contribution in [0.5, 0.6) is 0 Å². The van der Waals surface area contributed by atoms with Gasteiger partial charge in [-0.2, -0.15) is 0 Å². The molecule has 2 atom stereocenters. The molecule has 5 rings (SSSR count). The zero-order valence-corrected chi connectivity index (χ0v) is 24.9. The van der Waals surface area contributed by atoms with Crippen molar-refractivity contribution in [2.75, 3.05) is 19.6 Å². The number of hydrogen-bond acceptors (Lipinski definition) is 7. The third kappa shape index (κ3) is 6.70. The van der Waals surface area contributed by atoms with Crippen LogP contribution in [-0.4, -0.2) is 81.0 Å². The number of hydrogen-bond donors (Lipinski definition) is 3. The van der Waals surface area contributed by atoms with Crippen LogP contribution >= 0.6 is 11.3 Å². The molecule has 2 aromatic heterocycles. The lowest BCUT2D eigenvalue weighted by Crippen LogP contribution is -2.61. The van der Waals surface area contributed by atoms with E-state index in [1.165, 1.54) is 23.5 Å². The molecule has 2 unspecified atom stereocenters. The summed E-state index contributed by atoms with van der Waals surface area (Å²) >= 11 is 1.39. The second kappa shape index (κ2) is 11.4. The van der Waals surface area contributed by atoms with Crippen LogP contribution < -0.4 is 10.6 Å². The van der Waals surface area contributed by atoms with E-state index in [1.807, 2.05) is 0 Å². The molecule has 0 saturated carbocycles. The van der Waals surface area contributed by atoms with Gasteiger partial charge in [0.1, 0.15) is 17.1 Å². The zero-order valence-electron chi connectivity index (χ0n) is 24.0. The van der Waals surface area contributed by atoms with E-state index in [-0.39, 0.29) is 29.9 Å². The fourth-order valence-corrected chi connectivity index (χ4v) is 6.26. The fraction of sp³-hybridized carbons (Fsp3) is 0.517. The van der Waals surface area contributed by atoms with E-state index in [0.29, 0.717) is 34.9 Å². The molecule has 3 aromatic rings. The largest absolute Gasteiger partial charge is 0.444 e. The number of thiazole rings is 1. The van der Waals surface area contributed by atoms with Gasteiger partial charge in [-0.05, 0) is 65.3 Å². The van der Waals surface area contributed by atoms with Gasteiger partial charge < -0.3 is 25.3 Å². The summed E-state index contributed by atoms with van der Waals surface area (Å²) in [5.74, 6) is -1.10. The third-order valence-corrected chi connectivity index (χ3v) is 8.49. The molecule has 0 bridgehead atoms. The van der Waals surface area contributed by atoms with E-state index in [1.54, 1.807) is 37.8 Å². The van der Waals surface area contributed by atoms with Crippen molar-refractivity contribution in [2.45, 2.75) is 77.7 Å².